The topological polar surface area (TPSA) is 54.7 Å². The Morgan fingerprint density at radius 3 is 2.63 bits per heavy atom. The van der Waals surface area contributed by atoms with E-state index >= 15 is 0 Å². The lowest BCUT2D eigenvalue weighted by Gasteiger charge is -2.40. The maximum atomic E-state index is 12.6. The third-order valence-electron chi connectivity index (χ3n) is 5.60. The second kappa shape index (κ2) is 8.03. The van der Waals surface area contributed by atoms with E-state index in [1.165, 1.54) is 11.1 Å². The molecule has 148 valence electrons. The van der Waals surface area contributed by atoms with E-state index in [2.05, 4.69) is 57.0 Å². The van der Waals surface area contributed by atoms with Crippen molar-refractivity contribution in [1.29, 1.82) is 0 Å². The number of hydrogen-bond donors (Lipinski definition) is 1. The molecule has 2 aromatic rings. The van der Waals surface area contributed by atoms with Gasteiger partial charge in [0, 0.05) is 36.1 Å². The fraction of sp³-hybridized carbons (Fsp3) is 0.591. The maximum Gasteiger partial charge on any atom is 0.224 e. The number of morpholine rings is 1. The Kier molecular flexibility index (Phi) is 5.92. The number of amides is 1. The zero-order chi connectivity index (χ0) is 19.6. The second-order valence-electron chi connectivity index (χ2n) is 8.49. The molecule has 0 atom stereocenters. The van der Waals surface area contributed by atoms with Gasteiger partial charge in [-0.3, -0.25) is 9.69 Å². The summed E-state index contributed by atoms with van der Waals surface area (Å²) in [4.78, 5) is 15.0. The first kappa shape index (κ1) is 19.9. The molecule has 5 heteroatoms. The Morgan fingerprint density at radius 1 is 1.26 bits per heavy atom. The molecule has 5 nitrogen and oxygen atoms in total. The van der Waals surface area contributed by atoms with Crippen LogP contribution in [0.5, 0.6) is 0 Å². The Labute approximate surface area is 162 Å². The molecule has 0 aliphatic carbocycles. The lowest BCUT2D eigenvalue weighted by molar-refractivity contribution is -0.121. The molecular formula is C22H32N2O3. The molecule has 0 spiro atoms. The van der Waals surface area contributed by atoms with Crippen LogP contribution >= 0.6 is 0 Å². The molecule has 3 rings (SSSR count). The van der Waals surface area contributed by atoms with Crippen LogP contribution in [0.3, 0.4) is 0 Å². The highest BCUT2D eigenvalue weighted by Gasteiger charge is 2.28. The number of nitrogens with zero attached hydrogens (tertiary/aromatic N) is 1. The van der Waals surface area contributed by atoms with Crippen molar-refractivity contribution in [2.75, 3.05) is 32.8 Å². The molecule has 1 N–H and O–H groups in total. The van der Waals surface area contributed by atoms with Crippen molar-refractivity contribution in [2.45, 2.75) is 52.5 Å². The highest BCUT2D eigenvalue weighted by atomic mass is 16.5. The van der Waals surface area contributed by atoms with E-state index in [1.54, 1.807) is 6.26 Å². The highest BCUT2D eigenvalue weighted by molar-refractivity contribution is 5.88. The number of furan rings is 1. The molecular weight excluding hydrogens is 340 g/mol. The van der Waals surface area contributed by atoms with Gasteiger partial charge in [-0.15, -0.1) is 0 Å². The van der Waals surface area contributed by atoms with E-state index in [0.29, 0.717) is 18.9 Å². The molecule has 1 saturated heterocycles. The minimum absolute atomic E-state index is 0.0331. The van der Waals surface area contributed by atoms with E-state index in [-0.39, 0.29) is 11.4 Å². The number of nitrogens with one attached hydrogen (secondary N) is 1. The van der Waals surface area contributed by atoms with Gasteiger partial charge in [0.15, 0.2) is 0 Å². The van der Waals surface area contributed by atoms with Gasteiger partial charge in [-0.25, -0.2) is 0 Å². The molecule has 0 unspecified atom stereocenters. The Bertz CT molecular complexity index is 801. The number of fused-ring (bicyclic) bond motifs is 1. The van der Waals surface area contributed by atoms with Gasteiger partial charge in [0.1, 0.15) is 5.58 Å². The number of hydrogen-bond acceptors (Lipinski definition) is 4. The Hall–Kier alpha value is -1.85. The summed E-state index contributed by atoms with van der Waals surface area (Å²) in [5.41, 5.74) is 4.26. The zero-order valence-corrected chi connectivity index (χ0v) is 17.2. The average molecular weight is 373 g/mol. The first-order valence-electron chi connectivity index (χ1n) is 9.88. The van der Waals surface area contributed by atoms with Crippen molar-refractivity contribution in [1.82, 2.24) is 10.2 Å². The van der Waals surface area contributed by atoms with E-state index in [0.717, 1.165) is 42.8 Å². The number of rotatable bonds is 6. The third-order valence-corrected chi connectivity index (χ3v) is 5.60. The summed E-state index contributed by atoms with van der Waals surface area (Å²) in [6, 6.07) is 4.26. The minimum Gasteiger partial charge on any atom is -0.464 e. The number of ether oxygens (including phenoxy) is 1. The summed E-state index contributed by atoms with van der Waals surface area (Å²) < 4.78 is 11.1. The summed E-state index contributed by atoms with van der Waals surface area (Å²) in [5.74, 6) is 0.478. The van der Waals surface area contributed by atoms with Gasteiger partial charge < -0.3 is 14.5 Å². The van der Waals surface area contributed by atoms with Crippen molar-refractivity contribution in [2.24, 2.45) is 0 Å². The predicted octanol–water partition coefficient (Wildman–Crippen LogP) is 3.63. The van der Waals surface area contributed by atoms with Crippen molar-refractivity contribution < 1.29 is 13.9 Å². The predicted molar refractivity (Wildman–Crippen MR) is 108 cm³/mol. The Balaban J connectivity index is 1.66. The SMILES string of the molecule is Cc1cc2occ(CC(=O)NCC(C)(C)N3CCOCC3)c2cc1C(C)C. The van der Waals surface area contributed by atoms with Gasteiger partial charge in [0.05, 0.1) is 25.9 Å². The molecule has 1 aromatic heterocycles. The number of benzene rings is 1. The van der Waals surface area contributed by atoms with Crippen LogP contribution in [0.25, 0.3) is 11.0 Å². The average Bonchev–Trinajstić information content (AvgIpc) is 3.01. The number of aryl methyl sites for hydroxylation is 1. The quantitative estimate of drug-likeness (QED) is 0.841. The van der Waals surface area contributed by atoms with Crippen molar-refractivity contribution in [3.05, 3.63) is 35.1 Å². The maximum absolute atomic E-state index is 12.6. The van der Waals surface area contributed by atoms with Crippen LogP contribution in [0.4, 0.5) is 0 Å². The van der Waals surface area contributed by atoms with Crippen molar-refractivity contribution >= 4 is 16.9 Å². The zero-order valence-electron chi connectivity index (χ0n) is 17.2. The second-order valence-corrected chi connectivity index (χ2v) is 8.49. The van der Waals surface area contributed by atoms with Crippen LogP contribution in [0, 0.1) is 6.92 Å². The van der Waals surface area contributed by atoms with Crippen LogP contribution in [0.2, 0.25) is 0 Å². The standard InChI is InChI=1S/C22H32N2O3/c1-15(2)18-12-19-17(13-27-20(19)10-16(18)3)11-21(25)23-14-22(4,5)24-6-8-26-9-7-24/h10,12-13,15H,6-9,11,14H2,1-5H3,(H,23,25). The van der Waals surface area contributed by atoms with Gasteiger partial charge in [0.2, 0.25) is 5.91 Å². The lowest BCUT2D eigenvalue weighted by atomic mass is 9.95. The molecule has 0 saturated carbocycles. The number of carbonyl (C=O) groups is 1. The molecule has 0 radical (unpaired) electrons. The van der Waals surface area contributed by atoms with E-state index in [4.69, 9.17) is 9.15 Å². The largest absolute Gasteiger partial charge is 0.464 e. The Morgan fingerprint density at radius 2 is 1.96 bits per heavy atom. The van der Waals surface area contributed by atoms with Crippen LogP contribution in [0.1, 0.15) is 50.3 Å². The first-order chi connectivity index (χ1) is 12.8. The van der Waals surface area contributed by atoms with E-state index < -0.39 is 0 Å². The van der Waals surface area contributed by atoms with Crippen LogP contribution < -0.4 is 5.32 Å². The molecule has 1 aliphatic heterocycles. The van der Waals surface area contributed by atoms with Crippen molar-refractivity contribution in [3.8, 4) is 0 Å². The smallest absolute Gasteiger partial charge is 0.224 e. The number of carbonyl (C=O) groups excluding carboxylic acids is 1. The summed E-state index contributed by atoms with van der Waals surface area (Å²) in [5, 5.41) is 4.16. The van der Waals surface area contributed by atoms with Gasteiger partial charge >= 0.3 is 0 Å². The molecule has 1 aromatic carbocycles. The minimum atomic E-state index is -0.0835. The van der Waals surface area contributed by atoms with Crippen LogP contribution in [0.15, 0.2) is 22.8 Å². The third kappa shape index (κ3) is 4.53. The van der Waals surface area contributed by atoms with Gasteiger partial charge in [-0.2, -0.15) is 0 Å². The molecule has 1 amide bonds. The fourth-order valence-corrected chi connectivity index (χ4v) is 3.83. The van der Waals surface area contributed by atoms with Gasteiger partial charge in [-0.1, -0.05) is 13.8 Å². The van der Waals surface area contributed by atoms with Gasteiger partial charge in [0.25, 0.3) is 0 Å². The first-order valence-corrected chi connectivity index (χ1v) is 9.88. The molecule has 0 bridgehead atoms. The van der Waals surface area contributed by atoms with Crippen LogP contribution in [-0.2, 0) is 16.0 Å². The van der Waals surface area contributed by atoms with Crippen LogP contribution in [-0.4, -0.2) is 49.2 Å². The molecule has 2 heterocycles. The van der Waals surface area contributed by atoms with Crippen molar-refractivity contribution in [3.63, 3.8) is 0 Å². The summed E-state index contributed by atoms with van der Waals surface area (Å²) in [6.07, 6.45) is 2.06. The summed E-state index contributed by atoms with van der Waals surface area (Å²) >= 11 is 0. The van der Waals surface area contributed by atoms with Gasteiger partial charge in [-0.05, 0) is 49.9 Å². The molecule has 1 fully saturated rings. The monoisotopic (exact) mass is 372 g/mol. The van der Waals surface area contributed by atoms with E-state index in [9.17, 15) is 4.79 Å². The summed E-state index contributed by atoms with van der Waals surface area (Å²) in [7, 11) is 0. The van der Waals surface area contributed by atoms with E-state index in [1.807, 2.05) is 0 Å². The molecule has 27 heavy (non-hydrogen) atoms. The lowest BCUT2D eigenvalue weighted by Crippen LogP contribution is -2.55. The fourth-order valence-electron chi connectivity index (χ4n) is 3.83. The normalized spacial score (nSPS) is 16.2. The molecule has 1 aliphatic rings. The summed E-state index contributed by atoms with van der Waals surface area (Å²) in [6.45, 7) is 14.8. The highest BCUT2D eigenvalue weighted by Crippen LogP contribution is 2.29.